The highest BCUT2D eigenvalue weighted by atomic mass is 32.1. The molecule has 0 N–H and O–H groups in total. The highest BCUT2D eigenvalue weighted by molar-refractivity contribution is 7.12. The van der Waals surface area contributed by atoms with Crippen LogP contribution in [0.3, 0.4) is 0 Å². The van der Waals surface area contributed by atoms with E-state index in [0.29, 0.717) is 68.9 Å². The first-order chi connectivity index (χ1) is 61.0. The topological polar surface area (TPSA) is 226 Å². The minimum atomic E-state index is -0.234. The quantitative estimate of drug-likeness (QED) is 0.0779. The first kappa shape index (κ1) is 88.0. The van der Waals surface area contributed by atoms with Crippen molar-refractivity contribution in [1.29, 1.82) is 0 Å². The fourth-order valence-electron chi connectivity index (χ4n) is 16.5. The zero-order valence-corrected chi connectivity index (χ0v) is 74.6. The van der Waals surface area contributed by atoms with E-state index < -0.39 is 0 Å². The third-order valence-electron chi connectivity index (χ3n) is 23.6. The molecular weight excluding hydrogens is 1630 g/mol. The molecule has 0 saturated carbocycles. The van der Waals surface area contributed by atoms with E-state index in [1.807, 2.05) is 163 Å². The van der Waals surface area contributed by atoms with Crippen molar-refractivity contribution < 1.29 is 37.1 Å². The molecule has 0 bridgehead atoms. The molecule has 0 radical (unpaired) electrons. The Morgan fingerprint density at radius 2 is 0.794 bits per heavy atom. The molecule has 4 aliphatic heterocycles. The average Bonchev–Trinajstić information content (AvgIpc) is 1.66. The number of rotatable bonds is 18. The van der Waals surface area contributed by atoms with Gasteiger partial charge in [-0.15, -0.1) is 22.7 Å². The van der Waals surface area contributed by atoms with E-state index in [-0.39, 0.29) is 67.3 Å². The van der Waals surface area contributed by atoms with Crippen LogP contribution in [0, 0.1) is 59.0 Å². The highest BCUT2D eigenvalue weighted by Crippen LogP contribution is 2.33. The van der Waals surface area contributed by atoms with Gasteiger partial charge in [-0.05, 0) is 223 Å². The molecule has 0 saturated heterocycles. The van der Waals surface area contributed by atoms with Crippen molar-refractivity contribution in [2.45, 2.75) is 159 Å². The highest BCUT2D eigenvalue weighted by Gasteiger charge is 2.29. The van der Waals surface area contributed by atoms with Crippen LogP contribution in [0.5, 0.6) is 5.75 Å². The molecule has 14 aromatic rings. The Bertz CT molecular complexity index is 6240. The van der Waals surface area contributed by atoms with Crippen molar-refractivity contribution in [2.24, 2.45) is 0 Å². The van der Waals surface area contributed by atoms with E-state index in [4.69, 9.17) is 9.84 Å². The van der Waals surface area contributed by atoms with Crippen LogP contribution in [0.25, 0.3) is 67.5 Å². The molecule has 126 heavy (non-hydrogen) atoms. The van der Waals surface area contributed by atoms with Gasteiger partial charge >= 0.3 is 0 Å². The van der Waals surface area contributed by atoms with Gasteiger partial charge in [0.15, 0.2) is 0 Å². The lowest BCUT2D eigenvalue weighted by Crippen LogP contribution is -2.38. The van der Waals surface area contributed by atoms with Gasteiger partial charge in [-0.1, -0.05) is 87.5 Å². The molecule has 0 atom stereocenters. The summed E-state index contributed by atoms with van der Waals surface area (Å²) >= 11 is 3.42. The van der Waals surface area contributed by atoms with Crippen molar-refractivity contribution >= 4 is 46.3 Å². The van der Waals surface area contributed by atoms with Gasteiger partial charge in [0.25, 0.3) is 0 Å². The number of hydrogen-bond acceptors (Lipinski definition) is 16. The molecule has 27 heteroatoms. The van der Waals surface area contributed by atoms with Gasteiger partial charge in [-0.3, -0.25) is 42.9 Å². The number of carbonyl (C=O) groups excluding carboxylic acids is 4. The standard InChI is InChI=1S/C28H28FN5O.C25H28FN3O2.C25H25N5OS.C21H23FN4OS/c1-3-23-17-27(21-9-10-24(29)19(2)15-21)32-34(23)18-28(35)33-13-11-22-16-26(20-7-5-4-6-8-20)31-30-25(22)12-14-33;1-4-21-15-24(20-6-8-23(26)17(2)13-20)27-29(21)16-25(30)28-11-9-18-5-7-22(31-3)14-19(18)10-12-28;1-17-14-20(8-11-26-17)23-15-22(19-6-4-3-5-7-19)28-30(23)16-25(31)29-12-9-21-24(10-13-29)32-18(2)27-21;1-4-16-10-19(15-5-6-17(22)13(2)9-15)24-26(16)12-21(27)25-8-7-18-20(11-25)28-14(3)23-18/h4-10,15-17H,3,11-14,18H2,1-2H3;5-8,13-15H,4,9-12,16H2,1-3H3;3-8,11,14-15H,9-10,12-13,16H2,1-2H3;5-6,9-10H,4,7-8,11-12H2,1-3H3. The van der Waals surface area contributed by atoms with Gasteiger partial charge < -0.3 is 24.3 Å². The summed E-state index contributed by atoms with van der Waals surface area (Å²) in [5.41, 5.74) is 23.2. The van der Waals surface area contributed by atoms with E-state index in [2.05, 4.69) is 64.7 Å². The van der Waals surface area contributed by atoms with Gasteiger partial charge in [-0.2, -0.15) is 30.6 Å². The van der Waals surface area contributed by atoms with Crippen molar-refractivity contribution in [1.82, 2.24) is 83.9 Å². The number of nitrogens with zero attached hydrogens (tertiary/aromatic N) is 17. The van der Waals surface area contributed by atoms with Crippen LogP contribution >= 0.6 is 22.7 Å². The second kappa shape index (κ2) is 40.0. The third kappa shape index (κ3) is 21.0. The van der Waals surface area contributed by atoms with Crippen LogP contribution < -0.4 is 4.74 Å². The number of thiazole rings is 2. The fourth-order valence-corrected chi connectivity index (χ4v) is 18.4. The SMILES string of the molecule is CCc1cc(-c2ccc(F)c(C)c2)nn1CC(=O)N1CCc2cc(-c3ccccc3)nnc2CC1.CCc1cc(-c2ccc(F)c(C)c2)nn1CC(=O)N1CCc2ccc(OC)cc2CC1.CCc1cc(-c2ccc(F)c(C)c2)nn1CC(=O)N1CCc2nc(C)sc2C1.Cc1cc(-c2cc(-c3ccccc3)nn2CC(=O)N2CCc3nc(C)sc3CC2)ccn1. The Labute approximate surface area is 740 Å². The Morgan fingerprint density at radius 1 is 0.373 bits per heavy atom. The molecule has 18 rings (SSSR count). The molecule has 0 unspecified atom stereocenters. The number of pyridine rings is 1. The summed E-state index contributed by atoms with van der Waals surface area (Å²) in [4.78, 5) is 76.2. The molecule has 12 heterocycles. The largest absolute Gasteiger partial charge is 0.497 e. The van der Waals surface area contributed by atoms with Crippen LogP contribution in [0.2, 0.25) is 0 Å². The molecule has 4 aliphatic rings. The molecule has 8 aromatic heterocycles. The maximum atomic E-state index is 13.7. The normalized spacial score (nSPS) is 13.6. The summed E-state index contributed by atoms with van der Waals surface area (Å²) in [7, 11) is 1.67. The number of hydrogen-bond donors (Lipinski definition) is 0. The van der Waals surface area contributed by atoms with Gasteiger partial charge in [0, 0.05) is 144 Å². The van der Waals surface area contributed by atoms with E-state index in [9.17, 15) is 32.3 Å². The molecule has 0 spiro atoms. The number of aryl methyl sites for hydroxylation is 9. The summed E-state index contributed by atoms with van der Waals surface area (Å²) in [6, 6.07) is 55.3. The van der Waals surface area contributed by atoms with Gasteiger partial charge in [0.1, 0.15) is 49.4 Å². The monoisotopic (exact) mass is 1730 g/mol. The van der Waals surface area contributed by atoms with Gasteiger partial charge in [-0.25, -0.2) is 23.1 Å². The Kier molecular flexibility index (Phi) is 27.9. The molecule has 22 nitrogen and oxygen atoms in total. The van der Waals surface area contributed by atoms with E-state index in [1.54, 1.807) is 107 Å². The predicted octanol–water partition coefficient (Wildman–Crippen LogP) is 17.1. The minimum Gasteiger partial charge on any atom is -0.497 e. The summed E-state index contributed by atoms with van der Waals surface area (Å²) in [6.07, 6.45) is 9.68. The Hall–Kier alpha value is -12.9. The number of amides is 4. The zero-order chi connectivity index (χ0) is 88.2. The Morgan fingerprint density at radius 3 is 1.29 bits per heavy atom. The lowest BCUT2D eigenvalue weighted by Gasteiger charge is -2.26. The van der Waals surface area contributed by atoms with Crippen LogP contribution in [-0.2, 0) is 116 Å². The number of fused-ring (bicyclic) bond motifs is 4. The second-order valence-electron chi connectivity index (χ2n) is 32.2. The predicted molar refractivity (Wildman–Crippen MR) is 486 cm³/mol. The van der Waals surface area contributed by atoms with Gasteiger partial charge in [0.05, 0.1) is 74.9 Å². The van der Waals surface area contributed by atoms with E-state index >= 15 is 0 Å². The summed E-state index contributed by atoms with van der Waals surface area (Å²) in [6.45, 7) is 23.6. The van der Waals surface area contributed by atoms with Crippen LogP contribution in [0.15, 0.2) is 182 Å². The number of aromatic nitrogens is 13. The lowest BCUT2D eigenvalue weighted by atomic mass is 10.0. The molecule has 6 aromatic carbocycles. The zero-order valence-electron chi connectivity index (χ0n) is 73.0. The number of halogens is 3. The average molecular weight is 1730 g/mol. The molecule has 648 valence electrons. The van der Waals surface area contributed by atoms with Gasteiger partial charge in [0.2, 0.25) is 23.6 Å². The number of ether oxygens (including phenoxy) is 1. The molecular formula is C99H104F3N17O5S2. The lowest BCUT2D eigenvalue weighted by molar-refractivity contribution is -0.133. The van der Waals surface area contributed by atoms with Crippen LogP contribution in [0.4, 0.5) is 13.2 Å². The smallest absolute Gasteiger partial charge is 0.244 e. The van der Waals surface area contributed by atoms with Crippen molar-refractivity contribution in [3.63, 3.8) is 0 Å². The summed E-state index contributed by atoms with van der Waals surface area (Å²) < 4.78 is 53.4. The van der Waals surface area contributed by atoms with Crippen molar-refractivity contribution in [3.8, 4) is 73.3 Å². The first-order valence-corrected chi connectivity index (χ1v) is 44.8. The molecule has 4 amide bonds. The first-order valence-electron chi connectivity index (χ1n) is 43.1. The van der Waals surface area contributed by atoms with Crippen LogP contribution in [0.1, 0.15) is 114 Å². The number of benzene rings is 6. The summed E-state index contributed by atoms with van der Waals surface area (Å²) in [5.74, 6) is 0.426. The molecule has 0 fully saturated rings. The van der Waals surface area contributed by atoms with Crippen molar-refractivity contribution in [2.75, 3.05) is 52.9 Å². The van der Waals surface area contributed by atoms with E-state index in [0.717, 1.165) is 193 Å². The number of carbonyl (C=O) groups is 4. The number of methoxy groups -OCH3 is 1. The maximum Gasteiger partial charge on any atom is 0.244 e. The van der Waals surface area contributed by atoms with Crippen LogP contribution in [-0.4, -0.2) is 160 Å². The maximum absolute atomic E-state index is 13.7. The summed E-state index contributed by atoms with van der Waals surface area (Å²) in [5, 5.41) is 29.9. The Balaban J connectivity index is 0.000000130. The second-order valence-corrected chi connectivity index (χ2v) is 34.8. The fraction of sp³-hybridized carbons (Fsp3) is 0.323. The third-order valence-corrected chi connectivity index (χ3v) is 25.7. The van der Waals surface area contributed by atoms with E-state index in [1.165, 1.54) is 39.1 Å². The molecule has 0 aliphatic carbocycles. The minimum absolute atomic E-state index is 0.0358. The van der Waals surface area contributed by atoms with Crippen molar-refractivity contribution in [3.05, 3.63) is 293 Å².